The average molecular weight is 504 g/mol. The Balaban J connectivity index is 1.90. The number of sulfonamides is 1. The minimum atomic E-state index is -4.85. The van der Waals surface area contributed by atoms with Gasteiger partial charge in [0.05, 0.1) is 18.3 Å². The smallest absolute Gasteiger partial charge is 0.267 e. The number of nitrogen functional groups attached to an aromatic ring is 1. The number of rotatable bonds is 6. The van der Waals surface area contributed by atoms with Crippen molar-refractivity contribution in [2.45, 2.75) is 18.4 Å². The Morgan fingerprint density at radius 1 is 1.06 bits per heavy atom. The third-order valence-corrected chi connectivity index (χ3v) is 6.86. The maximum Gasteiger partial charge on any atom is 0.267 e. The van der Waals surface area contributed by atoms with Crippen molar-refractivity contribution >= 4 is 21.5 Å². The number of nitrogens with two attached hydrogens (primary N) is 1. The predicted molar refractivity (Wildman–Crippen MR) is 122 cm³/mol. The van der Waals surface area contributed by atoms with Gasteiger partial charge in [0.15, 0.2) is 5.82 Å². The van der Waals surface area contributed by atoms with Crippen LogP contribution in [-0.4, -0.2) is 23.2 Å². The summed E-state index contributed by atoms with van der Waals surface area (Å²) in [5, 5.41) is 4.25. The number of aromatic nitrogens is 3. The highest BCUT2D eigenvalue weighted by Gasteiger charge is 2.30. The van der Waals surface area contributed by atoms with Gasteiger partial charge in [0.2, 0.25) is 0 Å². The minimum absolute atomic E-state index is 0.128. The highest BCUT2D eigenvalue weighted by atomic mass is 32.2. The number of hydrogen-bond acceptors (Lipinski definition) is 5. The molecule has 2 N–H and O–H groups in total. The average Bonchev–Trinajstić information content (AvgIpc) is 3.24. The van der Waals surface area contributed by atoms with Gasteiger partial charge in [-0.15, -0.1) is 0 Å². The first kappa shape index (κ1) is 24.2. The molecule has 35 heavy (non-hydrogen) atoms. The summed E-state index contributed by atoms with van der Waals surface area (Å²) in [5.41, 5.74) is 5.07. The summed E-state index contributed by atoms with van der Waals surface area (Å²) < 4.78 is 86.0. The molecule has 181 valence electrons. The summed E-state index contributed by atoms with van der Waals surface area (Å²) in [7, 11) is -1.54. The molecule has 0 aliphatic rings. The fourth-order valence-corrected chi connectivity index (χ4v) is 4.68. The molecule has 0 bridgehead atoms. The SMILES string of the molecule is [CH2]N(c1ccc(F)c(-c2nn(CC)cc2-c2ccnc(N)c2)c1F)S(=O)(=O)c1cc(F)ccc1F. The summed E-state index contributed by atoms with van der Waals surface area (Å²) >= 11 is 0. The van der Waals surface area contributed by atoms with Gasteiger partial charge in [0, 0.05) is 24.5 Å². The number of aryl methyl sites for hydroxylation is 1. The van der Waals surface area contributed by atoms with Gasteiger partial charge < -0.3 is 5.73 Å². The highest BCUT2D eigenvalue weighted by molar-refractivity contribution is 7.92. The number of halogens is 4. The Bertz CT molecular complexity index is 1540. The highest BCUT2D eigenvalue weighted by Crippen LogP contribution is 2.39. The molecule has 0 saturated heterocycles. The molecule has 1 radical (unpaired) electrons. The van der Waals surface area contributed by atoms with E-state index >= 15 is 4.39 Å². The summed E-state index contributed by atoms with van der Waals surface area (Å²) in [6, 6.07) is 6.52. The molecule has 0 atom stereocenters. The van der Waals surface area contributed by atoms with Crippen molar-refractivity contribution in [2.24, 2.45) is 0 Å². The van der Waals surface area contributed by atoms with Crippen LogP contribution >= 0.6 is 0 Å². The van der Waals surface area contributed by atoms with Gasteiger partial charge in [-0.2, -0.15) is 5.10 Å². The van der Waals surface area contributed by atoms with E-state index in [2.05, 4.69) is 17.1 Å². The van der Waals surface area contributed by atoms with Crippen LogP contribution in [-0.2, 0) is 16.6 Å². The fourth-order valence-electron chi connectivity index (χ4n) is 3.47. The lowest BCUT2D eigenvalue weighted by Gasteiger charge is -2.21. The second-order valence-corrected chi connectivity index (χ2v) is 9.23. The topological polar surface area (TPSA) is 94.1 Å². The number of pyridine rings is 1. The van der Waals surface area contributed by atoms with Crippen molar-refractivity contribution in [3.05, 3.63) is 85.2 Å². The summed E-state index contributed by atoms with van der Waals surface area (Å²) in [6.45, 7) is 2.13. The normalized spacial score (nSPS) is 11.6. The largest absolute Gasteiger partial charge is 0.384 e. The fraction of sp³-hybridized carbons (Fsp3) is 0.0870. The standard InChI is InChI=1S/C23H18F4N5O2S/c1-3-32-12-15(13-8-9-29-20(28)10-13)23(30-32)21-17(26)6-7-18(22(21)27)31(2)35(33,34)19-11-14(24)4-5-16(19)25/h4-12H,2-3H2,1H3,(H2,28,29). The van der Waals surface area contributed by atoms with Crippen LogP contribution in [0.25, 0.3) is 22.4 Å². The Morgan fingerprint density at radius 3 is 2.46 bits per heavy atom. The molecule has 2 aromatic carbocycles. The van der Waals surface area contributed by atoms with E-state index in [0.717, 1.165) is 18.2 Å². The van der Waals surface area contributed by atoms with Crippen molar-refractivity contribution < 1.29 is 26.0 Å². The number of hydrogen-bond donors (Lipinski definition) is 1. The first-order valence-electron chi connectivity index (χ1n) is 10.1. The van der Waals surface area contributed by atoms with E-state index in [4.69, 9.17) is 5.73 Å². The van der Waals surface area contributed by atoms with Gasteiger partial charge in [-0.05, 0) is 55.0 Å². The first-order valence-corrected chi connectivity index (χ1v) is 11.6. The van der Waals surface area contributed by atoms with E-state index in [1.807, 2.05) is 0 Å². The lowest BCUT2D eigenvalue weighted by atomic mass is 10.0. The lowest BCUT2D eigenvalue weighted by Crippen LogP contribution is -2.26. The van der Waals surface area contributed by atoms with Gasteiger partial charge in [-0.25, -0.2) is 31.0 Å². The molecular weight excluding hydrogens is 486 g/mol. The molecule has 7 nitrogen and oxygen atoms in total. The van der Waals surface area contributed by atoms with Crippen molar-refractivity contribution in [1.82, 2.24) is 14.8 Å². The van der Waals surface area contributed by atoms with Gasteiger partial charge in [0.1, 0.15) is 33.9 Å². The zero-order chi connectivity index (χ0) is 25.5. The molecule has 0 spiro atoms. The van der Waals surface area contributed by atoms with Crippen molar-refractivity contribution in [1.29, 1.82) is 0 Å². The third-order valence-electron chi connectivity index (χ3n) is 5.22. The molecule has 0 aliphatic carbocycles. The van der Waals surface area contributed by atoms with Crippen LogP contribution in [0.15, 0.2) is 59.8 Å². The second-order valence-electron chi connectivity index (χ2n) is 7.40. The monoisotopic (exact) mass is 504 g/mol. The van der Waals surface area contributed by atoms with Gasteiger partial charge >= 0.3 is 0 Å². The van der Waals surface area contributed by atoms with Crippen LogP contribution in [0, 0.1) is 30.3 Å². The second kappa shape index (κ2) is 9.02. The molecule has 4 rings (SSSR count). The Labute approximate surface area is 198 Å². The Kier molecular flexibility index (Phi) is 6.24. The lowest BCUT2D eigenvalue weighted by molar-refractivity contribution is 0.551. The van der Waals surface area contributed by atoms with E-state index < -0.39 is 49.4 Å². The Hall–Kier alpha value is -3.93. The molecule has 2 heterocycles. The quantitative estimate of drug-likeness (QED) is 0.382. The number of nitrogens with zero attached hydrogens (tertiary/aromatic N) is 4. The number of anilines is 2. The van der Waals surface area contributed by atoms with E-state index in [1.54, 1.807) is 19.2 Å². The van der Waals surface area contributed by atoms with Gasteiger partial charge in [-0.3, -0.25) is 8.99 Å². The van der Waals surface area contributed by atoms with Crippen LogP contribution in [0.1, 0.15) is 6.92 Å². The predicted octanol–water partition coefficient (Wildman–Crippen LogP) is 4.76. The summed E-state index contributed by atoms with van der Waals surface area (Å²) in [5.74, 6) is -4.46. The molecule has 0 amide bonds. The molecule has 4 aromatic rings. The van der Waals surface area contributed by atoms with Gasteiger partial charge in [0.25, 0.3) is 10.0 Å². The Morgan fingerprint density at radius 2 is 1.77 bits per heavy atom. The molecule has 0 unspecified atom stereocenters. The molecule has 0 aliphatic heterocycles. The molecular formula is C23H18F4N5O2S. The van der Waals surface area contributed by atoms with Crippen molar-refractivity contribution in [2.75, 3.05) is 10.0 Å². The van der Waals surface area contributed by atoms with E-state index in [0.29, 0.717) is 29.8 Å². The summed E-state index contributed by atoms with van der Waals surface area (Å²) in [6.07, 6.45) is 2.97. The maximum absolute atomic E-state index is 15.7. The van der Waals surface area contributed by atoms with Crippen LogP contribution in [0.4, 0.5) is 29.1 Å². The zero-order valence-electron chi connectivity index (χ0n) is 18.2. The van der Waals surface area contributed by atoms with Gasteiger partial charge in [-0.1, -0.05) is 0 Å². The maximum atomic E-state index is 15.7. The van der Waals surface area contributed by atoms with Crippen LogP contribution in [0.3, 0.4) is 0 Å². The molecule has 12 heteroatoms. The van der Waals surface area contributed by atoms with Crippen LogP contribution in [0.5, 0.6) is 0 Å². The first-order chi connectivity index (χ1) is 16.5. The number of benzene rings is 2. The molecule has 2 aromatic heterocycles. The third kappa shape index (κ3) is 4.32. The minimum Gasteiger partial charge on any atom is -0.384 e. The summed E-state index contributed by atoms with van der Waals surface area (Å²) in [4.78, 5) is 2.85. The zero-order valence-corrected chi connectivity index (χ0v) is 19.0. The van der Waals surface area contributed by atoms with Crippen LogP contribution < -0.4 is 10.0 Å². The van der Waals surface area contributed by atoms with E-state index in [9.17, 15) is 21.6 Å². The molecule has 0 saturated carbocycles. The van der Waals surface area contributed by atoms with Crippen molar-refractivity contribution in [3.63, 3.8) is 0 Å². The van der Waals surface area contributed by atoms with E-state index in [1.165, 1.54) is 16.9 Å². The van der Waals surface area contributed by atoms with Crippen LogP contribution in [0.2, 0.25) is 0 Å². The van der Waals surface area contributed by atoms with E-state index in [-0.39, 0.29) is 15.8 Å². The molecule has 0 fully saturated rings. The van der Waals surface area contributed by atoms with Crippen molar-refractivity contribution in [3.8, 4) is 22.4 Å².